The highest BCUT2D eigenvalue weighted by molar-refractivity contribution is 7.85. The number of nitrogens with two attached hydrogens (primary N) is 1. The van der Waals surface area contributed by atoms with Crippen molar-refractivity contribution in [1.29, 1.82) is 0 Å². The van der Waals surface area contributed by atoms with Gasteiger partial charge in [-0.3, -0.25) is 0 Å². The highest BCUT2D eigenvalue weighted by Crippen LogP contribution is 2.08. The van der Waals surface area contributed by atoms with Crippen LogP contribution < -0.4 is 10.5 Å². The average molecular weight is 266 g/mol. The lowest BCUT2D eigenvalue weighted by atomic mass is 10.2. The molecule has 0 amide bonds. The van der Waals surface area contributed by atoms with Crippen molar-refractivity contribution in [3.05, 3.63) is 60.4 Å². The Balaban J connectivity index is 0.000000199. The van der Waals surface area contributed by atoms with E-state index in [2.05, 4.69) is 0 Å². The van der Waals surface area contributed by atoms with Crippen molar-refractivity contribution < 1.29 is 17.6 Å². The number of nitrogen functional groups attached to an aromatic ring is 1. The van der Waals surface area contributed by atoms with Crippen molar-refractivity contribution in [3.63, 3.8) is 0 Å². The van der Waals surface area contributed by atoms with Gasteiger partial charge in [-0.15, -0.1) is 0 Å². The predicted octanol–water partition coefficient (Wildman–Crippen LogP) is 0.587. The normalized spacial score (nSPS) is 10.3. The van der Waals surface area contributed by atoms with Crippen molar-refractivity contribution in [1.82, 2.24) is 0 Å². The molecule has 5 nitrogen and oxygen atoms in total. The first-order valence-electron chi connectivity index (χ1n) is 5.13. The summed E-state index contributed by atoms with van der Waals surface area (Å²) in [4.78, 5) is -0.178. The Bertz CT molecular complexity index is 580. The highest BCUT2D eigenvalue weighted by atomic mass is 32.2. The molecule has 2 N–H and O–H groups in total. The summed E-state index contributed by atoms with van der Waals surface area (Å²) < 4.78 is 32.7. The zero-order valence-electron chi connectivity index (χ0n) is 9.85. The van der Waals surface area contributed by atoms with Crippen LogP contribution in [-0.2, 0) is 10.1 Å². The lowest BCUT2D eigenvalue weighted by Crippen LogP contribution is -2.42. The minimum Gasteiger partial charge on any atom is -0.744 e. The third-order valence-electron chi connectivity index (χ3n) is 2.05. The minimum absolute atomic E-state index is 0.178. The second-order valence-electron chi connectivity index (χ2n) is 3.59. The summed E-state index contributed by atoms with van der Waals surface area (Å²) in [5.74, 6) is 5.27. The maximum atomic E-state index is 10.4. The standard InChI is InChI=1S/C7H8O3S.C5H7N2/c1-6-2-4-7(5-3-6)11(8,9)10;6-7-4-2-1-3-5-7/h2-5H,1H3,(H,8,9,10);1-5H,6H2/q;+1/p-1. The van der Waals surface area contributed by atoms with E-state index < -0.39 is 10.1 Å². The van der Waals surface area contributed by atoms with Crippen LogP contribution in [0.3, 0.4) is 0 Å². The SMILES string of the molecule is Cc1ccc(S(=O)(=O)[O-])cc1.N[n+]1ccccc1. The Morgan fingerprint density at radius 1 is 1.06 bits per heavy atom. The van der Waals surface area contributed by atoms with Crippen LogP contribution in [0.15, 0.2) is 59.8 Å². The maximum absolute atomic E-state index is 10.4. The second-order valence-corrected chi connectivity index (χ2v) is 4.97. The number of benzene rings is 1. The Labute approximate surface area is 106 Å². The first kappa shape index (κ1) is 14.1. The Morgan fingerprint density at radius 3 is 1.89 bits per heavy atom. The molecule has 1 aromatic heterocycles. The summed E-state index contributed by atoms with van der Waals surface area (Å²) in [6.07, 6.45) is 3.56. The molecular formula is C12H14N2O3S. The number of hydrogen-bond acceptors (Lipinski definition) is 4. The summed E-state index contributed by atoms with van der Waals surface area (Å²) in [5, 5.41) is 0. The van der Waals surface area contributed by atoms with E-state index in [0.717, 1.165) is 5.56 Å². The van der Waals surface area contributed by atoms with Crippen molar-refractivity contribution in [3.8, 4) is 0 Å². The molecule has 1 heterocycles. The van der Waals surface area contributed by atoms with Gasteiger partial charge in [0.05, 0.1) is 4.90 Å². The summed E-state index contributed by atoms with van der Waals surface area (Å²) >= 11 is 0. The Hall–Kier alpha value is -1.92. The van der Waals surface area contributed by atoms with Crippen LogP contribution in [-0.4, -0.2) is 13.0 Å². The molecule has 2 rings (SSSR count). The van der Waals surface area contributed by atoms with E-state index in [1.54, 1.807) is 24.5 Å². The molecule has 0 bridgehead atoms. The highest BCUT2D eigenvalue weighted by Gasteiger charge is 1.97. The molecule has 2 aromatic rings. The molecule has 0 radical (unpaired) electrons. The molecule has 18 heavy (non-hydrogen) atoms. The summed E-state index contributed by atoms with van der Waals surface area (Å²) in [5.41, 5.74) is 0.928. The lowest BCUT2D eigenvalue weighted by Gasteiger charge is -2.05. The molecule has 6 heteroatoms. The topological polar surface area (TPSA) is 87.1 Å². The molecule has 0 atom stereocenters. The Kier molecular flexibility index (Phi) is 4.82. The zero-order valence-corrected chi connectivity index (χ0v) is 10.7. The largest absolute Gasteiger partial charge is 0.744 e. The van der Waals surface area contributed by atoms with Gasteiger partial charge >= 0.3 is 0 Å². The van der Waals surface area contributed by atoms with Crippen molar-refractivity contribution in [2.45, 2.75) is 11.8 Å². The van der Waals surface area contributed by atoms with Crippen molar-refractivity contribution in [2.75, 3.05) is 5.84 Å². The van der Waals surface area contributed by atoms with E-state index in [0.29, 0.717) is 0 Å². The fourth-order valence-electron chi connectivity index (χ4n) is 1.12. The summed E-state index contributed by atoms with van der Waals surface area (Å²) in [6.45, 7) is 1.82. The van der Waals surface area contributed by atoms with Gasteiger partial charge in [-0.1, -0.05) is 28.4 Å². The van der Waals surface area contributed by atoms with Gasteiger partial charge in [0.25, 0.3) is 0 Å². The molecule has 0 unspecified atom stereocenters. The number of aromatic nitrogens is 1. The number of aryl methyl sites for hydroxylation is 1. The third kappa shape index (κ3) is 4.94. The average Bonchev–Trinajstić information content (AvgIpc) is 2.30. The van der Waals surface area contributed by atoms with Crippen LogP contribution in [0.25, 0.3) is 0 Å². The first-order valence-corrected chi connectivity index (χ1v) is 6.54. The van der Waals surface area contributed by atoms with E-state index >= 15 is 0 Å². The number of nitrogens with zero attached hydrogens (tertiary/aromatic N) is 1. The van der Waals surface area contributed by atoms with E-state index in [4.69, 9.17) is 5.84 Å². The number of hydrogen-bond donors (Lipinski definition) is 1. The van der Waals surface area contributed by atoms with Gasteiger partial charge in [0, 0.05) is 12.1 Å². The smallest absolute Gasteiger partial charge is 0.199 e. The van der Waals surface area contributed by atoms with Gasteiger partial charge in [0.15, 0.2) is 12.4 Å². The molecule has 0 saturated carbocycles. The quantitative estimate of drug-likeness (QED) is 0.465. The minimum atomic E-state index is -4.27. The van der Waals surface area contributed by atoms with Gasteiger partial charge in [0.2, 0.25) is 0 Å². The van der Waals surface area contributed by atoms with Gasteiger partial charge in [-0.2, -0.15) is 0 Å². The van der Waals surface area contributed by atoms with E-state index in [-0.39, 0.29) is 4.90 Å². The third-order valence-corrected chi connectivity index (χ3v) is 2.90. The van der Waals surface area contributed by atoms with Crippen LogP contribution >= 0.6 is 0 Å². The van der Waals surface area contributed by atoms with Crippen LogP contribution in [0.5, 0.6) is 0 Å². The molecular weight excluding hydrogens is 252 g/mol. The molecule has 0 saturated heterocycles. The molecule has 96 valence electrons. The second kappa shape index (κ2) is 6.13. The molecule has 0 aliphatic heterocycles. The fourth-order valence-corrected chi connectivity index (χ4v) is 1.59. The van der Waals surface area contributed by atoms with Crippen molar-refractivity contribution in [2.24, 2.45) is 0 Å². The Morgan fingerprint density at radius 2 is 1.56 bits per heavy atom. The van der Waals surface area contributed by atoms with E-state index in [1.165, 1.54) is 16.8 Å². The molecule has 0 aliphatic carbocycles. The van der Waals surface area contributed by atoms with Gasteiger partial charge in [0.1, 0.15) is 10.1 Å². The predicted molar refractivity (Wildman–Crippen MR) is 65.9 cm³/mol. The van der Waals surface area contributed by atoms with Crippen LogP contribution in [0.4, 0.5) is 0 Å². The van der Waals surface area contributed by atoms with E-state index in [1.807, 2.05) is 25.1 Å². The maximum Gasteiger partial charge on any atom is 0.199 e. The zero-order chi connectivity index (χ0) is 13.6. The van der Waals surface area contributed by atoms with Crippen LogP contribution in [0.2, 0.25) is 0 Å². The summed E-state index contributed by atoms with van der Waals surface area (Å²) in [6, 6.07) is 11.5. The first-order chi connectivity index (χ1) is 8.39. The molecule has 0 fully saturated rings. The lowest BCUT2D eigenvalue weighted by molar-refractivity contribution is -0.638. The summed E-state index contributed by atoms with van der Waals surface area (Å²) in [7, 11) is -4.27. The number of pyridine rings is 1. The molecule has 0 spiro atoms. The van der Waals surface area contributed by atoms with Gasteiger partial charge < -0.3 is 4.55 Å². The van der Waals surface area contributed by atoms with Crippen molar-refractivity contribution >= 4 is 10.1 Å². The molecule has 0 aliphatic rings. The fraction of sp³-hybridized carbons (Fsp3) is 0.0833. The van der Waals surface area contributed by atoms with Crippen LogP contribution in [0, 0.1) is 6.92 Å². The van der Waals surface area contributed by atoms with E-state index in [9.17, 15) is 13.0 Å². The van der Waals surface area contributed by atoms with Gasteiger partial charge in [-0.05, 0) is 19.1 Å². The molecule has 1 aromatic carbocycles. The number of rotatable bonds is 1. The monoisotopic (exact) mass is 266 g/mol. The van der Waals surface area contributed by atoms with Gasteiger partial charge in [-0.25, -0.2) is 14.3 Å². The van der Waals surface area contributed by atoms with Crippen LogP contribution in [0.1, 0.15) is 5.56 Å².